The maximum atomic E-state index is 11.3. The van der Waals surface area contributed by atoms with Crippen molar-refractivity contribution in [3.8, 4) is 0 Å². The van der Waals surface area contributed by atoms with Crippen LogP contribution in [0, 0.1) is 0 Å². The third-order valence-corrected chi connectivity index (χ3v) is 1.97. The molecule has 0 spiro atoms. The Morgan fingerprint density at radius 3 is 2.35 bits per heavy atom. The van der Waals surface area contributed by atoms with E-state index in [0.717, 1.165) is 11.6 Å². The third-order valence-electron chi connectivity index (χ3n) is 1.97. The molecule has 17 heavy (non-hydrogen) atoms. The number of benzene rings is 1. The summed E-state index contributed by atoms with van der Waals surface area (Å²) < 4.78 is 0. The Kier molecular flexibility index (Phi) is 4.22. The van der Waals surface area contributed by atoms with Gasteiger partial charge in [-0.1, -0.05) is 18.7 Å². The maximum absolute atomic E-state index is 11.3. The normalized spacial score (nSPS) is 10.2. The summed E-state index contributed by atoms with van der Waals surface area (Å²) in [6.45, 7) is 5.15. The molecule has 0 saturated carbocycles. The molecule has 0 radical (unpaired) electrons. The average molecular weight is 231 g/mol. The van der Waals surface area contributed by atoms with Crippen LogP contribution < -0.4 is 5.32 Å². The minimum absolute atomic E-state index is 0.237. The first-order valence-electron chi connectivity index (χ1n) is 4.97. The van der Waals surface area contributed by atoms with E-state index in [-0.39, 0.29) is 5.91 Å². The van der Waals surface area contributed by atoms with Gasteiger partial charge in [0.2, 0.25) is 0 Å². The molecule has 0 aliphatic carbocycles. The van der Waals surface area contributed by atoms with E-state index in [4.69, 9.17) is 5.11 Å². The number of anilines is 1. The van der Waals surface area contributed by atoms with E-state index in [0.29, 0.717) is 11.3 Å². The van der Waals surface area contributed by atoms with Crippen molar-refractivity contribution in [2.45, 2.75) is 6.92 Å². The van der Waals surface area contributed by atoms with Crippen molar-refractivity contribution in [3.63, 3.8) is 0 Å². The van der Waals surface area contributed by atoms with E-state index < -0.39 is 5.97 Å². The SMILES string of the molecule is C=C(C)C(=O)Nc1ccc(C=CC(=O)O)cc1. The highest BCUT2D eigenvalue weighted by Gasteiger charge is 2.01. The van der Waals surface area contributed by atoms with Gasteiger partial charge in [0.15, 0.2) is 0 Å². The molecule has 1 aromatic rings. The van der Waals surface area contributed by atoms with Crippen molar-refractivity contribution < 1.29 is 14.7 Å². The number of carbonyl (C=O) groups is 2. The first kappa shape index (κ1) is 12.7. The Bertz CT molecular complexity index is 472. The zero-order chi connectivity index (χ0) is 12.8. The molecule has 0 aliphatic rings. The number of carboxylic acids is 1. The predicted molar refractivity (Wildman–Crippen MR) is 66.6 cm³/mol. The summed E-state index contributed by atoms with van der Waals surface area (Å²) >= 11 is 0. The van der Waals surface area contributed by atoms with Crippen LogP contribution in [-0.4, -0.2) is 17.0 Å². The quantitative estimate of drug-likeness (QED) is 0.781. The lowest BCUT2D eigenvalue weighted by atomic mass is 10.2. The van der Waals surface area contributed by atoms with Crippen molar-refractivity contribution in [2.75, 3.05) is 5.32 Å². The van der Waals surface area contributed by atoms with Gasteiger partial charge in [0, 0.05) is 17.3 Å². The van der Waals surface area contributed by atoms with Gasteiger partial charge >= 0.3 is 5.97 Å². The van der Waals surface area contributed by atoms with Crippen LogP contribution in [0.15, 0.2) is 42.5 Å². The van der Waals surface area contributed by atoms with E-state index in [1.54, 1.807) is 31.2 Å². The van der Waals surface area contributed by atoms with Crippen LogP contribution in [0.5, 0.6) is 0 Å². The van der Waals surface area contributed by atoms with Crippen LogP contribution in [0.2, 0.25) is 0 Å². The summed E-state index contributed by atoms with van der Waals surface area (Å²) in [4.78, 5) is 21.6. The number of rotatable bonds is 4. The van der Waals surface area contributed by atoms with Crippen LogP contribution in [0.3, 0.4) is 0 Å². The van der Waals surface area contributed by atoms with Crippen LogP contribution >= 0.6 is 0 Å². The van der Waals surface area contributed by atoms with Crippen LogP contribution in [0.4, 0.5) is 5.69 Å². The molecule has 0 aromatic heterocycles. The van der Waals surface area contributed by atoms with Gasteiger partial charge in [-0.3, -0.25) is 4.79 Å². The van der Waals surface area contributed by atoms with Crippen molar-refractivity contribution in [1.82, 2.24) is 0 Å². The van der Waals surface area contributed by atoms with Crippen molar-refractivity contribution in [3.05, 3.63) is 48.1 Å². The van der Waals surface area contributed by atoms with Crippen LogP contribution in [-0.2, 0) is 9.59 Å². The fourth-order valence-corrected chi connectivity index (χ4v) is 1.08. The van der Waals surface area contributed by atoms with Gasteiger partial charge < -0.3 is 10.4 Å². The Hall–Kier alpha value is -2.36. The molecule has 1 amide bonds. The average Bonchev–Trinajstić information content (AvgIpc) is 2.28. The van der Waals surface area contributed by atoms with E-state index in [1.807, 2.05) is 0 Å². The van der Waals surface area contributed by atoms with Crippen molar-refractivity contribution in [2.24, 2.45) is 0 Å². The van der Waals surface area contributed by atoms with Gasteiger partial charge in [0.1, 0.15) is 0 Å². The molecule has 0 unspecified atom stereocenters. The molecule has 0 atom stereocenters. The number of nitrogens with one attached hydrogen (secondary N) is 1. The lowest BCUT2D eigenvalue weighted by Crippen LogP contribution is -2.11. The molecule has 1 aromatic carbocycles. The molecule has 4 heteroatoms. The fourth-order valence-electron chi connectivity index (χ4n) is 1.08. The minimum Gasteiger partial charge on any atom is -0.478 e. The van der Waals surface area contributed by atoms with Gasteiger partial charge in [-0.15, -0.1) is 0 Å². The highest BCUT2D eigenvalue weighted by molar-refractivity contribution is 6.02. The molecule has 0 heterocycles. The summed E-state index contributed by atoms with van der Waals surface area (Å²) in [6, 6.07) is 6.83. The second-order valence-electron chi connectivity index (χ2n) is 3.53. The topological polar surface area (TPSA) is 66.4 Å². The zero-order valence-corrected chi connectivity index (χ0v) is 9.43. The molecule has 0 saturated heterocycles. The number of carboxylic acid groups (broad SMARTS) is 1. The van der Waals surface area contributed by atoms with Gasteiger partial charge in [0.25, 0.3) is 5.91 Å². The van der Waals surface area contributed by atoms with Gasteiger partial charge in [0.05, 0.1) is 0 Å². The molecule has 1 rings (SSSR count). The minimum atomic E-state index is -0.996. The van der Waals surface area contributed by atoms with Crippen molar-refractivity contribution in [1.29, 1.82) is 0 Å². The summed E-state index contributed by atoms with van der Waals surface area (Å²) in [5, 5.41) is 11.1. The van der Waals surface area contributed by atoms with E-state index in [1.165, 1.54) is 6.08 Å². The molecular weight excluding hydrogens is 218 g/mol. The molecule has 0 fully saturated rings. The molecule has 0 aliphatic heterocycles. The largest absolute Gasteiger partial charge is 0.478 e. The Balaban J connectivity index is 2.71. The predicted octanol–water partition coefficient (Wildman–Crippen LogP) is 2.30. The molecule has 0 bridgehead atoms. The van der Waals surface area contributed by atoms with Crippen LogP contribution in [0.25, 0.3) is 6.08 Å². The number of amides is 1. The summed E-state index contributed by atoms with van der Waals surface area (Å²) in [6.07, 6.45) is 2.54. The lowest BCUT2D eigenvalue weighted by molar-refractivity contribution is -0.131. The van der Waals surface area contributed by atoms with E-state index >= 15 is 0 Å². The Morgan fingerprint density at radius 2 is 1.88 bits per heavy atom. The first-order chi connectivity index (χ1) is 7.99. The molecular formula is C13H13NO3. The first-order valence-corrected chi connectivity index (χ1v) is 4.97. The number of carbonyl (C=O) groups excluding carboxylic acids is 1. The standard InChI is InChI=1S/C13H13NO3/c1-9(2)13(17)14-11-6-3-10(4-7-11)5-8-12(15)16/h3-8H,1H2,2H3,(H,14,17)(H,15,16). The summed E-state index contributed by atoms with van der Waals surface area (Å²) in [5.41, 5.74) is 1.83. The number of hydrogen-bond donors (Lipinski definition) is 2. The molecule has 2 N–H and O–H groups in total. The van der Waals surface area contributed by atoms with Crippen LogP contribution in [0.1, 0.15) is 12.5 Å². The van der Waals surface area contributed by atoms with E-state index in [9.17, 15) is 9.59 Å². The summed E-state index contributed by atoms with van der Waals surface area (Å²) in [5.74, 6) is -1.23. The van der Waals surface area contributed by atoms with Crippen molar-refractivity contribution >= 4 is 23.6 Å². The zero-order valence-electron chi connectivity index (χ0n) is 9.43. The monoisotopic (exact) mass is 231 g/mol. The van der Waals surface area contributed by atoms with E-state index in [2.05, 4.69) is 11.9 Å². The second kappa shape index (κ2) is 5.65. The second-order valence-corrected chi connectivity index (χ2v) is 3.53. The molecule has 4 nitrogen and oxygen atoms in total. The Morgan fingerprint density at radius 1 is 1.29 bits per heavy atom. The highest BCUT2D eigenvalue weighted by atomic mass is 16.4. The highest BCUT2D eigenvalue weighted by Crippen LogP contribution is 2.11. The number of aliphatic carboxylic acids is 1. The van der Waals surface area contributed by atoms with Gasteiger partial charge in [-0.2, -0.15) is 0 Å². The van der Waals surface area contributed by atoms with Gasteiger partial charge in [-0.05, 0) is 30.7 Å². The fraction of sp³-hybridized carbons (Fsp3) is 0.0769. The lowest BCUT2D eigenvalue weighted by Gasteiger charge is -2.04. The summed E-state index contributed by atoms with van der Waals surface area (Å²) in [7, 11) is 0. The van der Waals surface area contributed by atoms with Gasteiger partial charge in [-0.25, -0.2) is 4.79 Å². The molecule has 88 valence electrons. The smallest absolute Gasteiger partial charge is 0.328 e. The maximum Gasteiger partial charge on any atom is 0.328 e. The third kappa shape index (κ3) is 4.34. The Labute approximate surface area is 99.3 Å². The number of hydrogen-bond acceptors (Lipinski definition) is 2.